The number of amides is 10. The fraction of sp³-hybridized carbons (Fsp3) is 0.441. The number of fused-ring (bicyclic) bond motifs is 1. The fourth-order valence-corrected chi connectivity index (χ4v) is 11.6. The molecule has 10 atom stereocenters. The summed E-state index contributed by atoms with van der Waals surface area (Å²) in [5.41, 5.74) is 7.48. The average molecular weight is 1320 g/mol. The lowest BCUT2D eigenvalue weighted by Gasteiger charge is -2.30. The maximum absolute atomic E-state index is 14.8. The van der Waals surface area contributed by atoms with E-state index in [0.717, 1.165) is 38.6 Å². The average Bonchev–Trinajstić information content (AvgIpc) is 2.06. The number of carbonyl (C=O) groups excluding carboxylic acids is 10. The Morgan fingerprint density at radius 1 is 0.728 bits per heavy atom. The number of phenolic OH excluding ortho intramolecular Hbond substituents is 1. The third-order valence-corrected chi connectivity index (χ3v) is 16.7. The molecule has 1 aliphatic heterocycles. The summed E-state index contributed by atoms with van der Waals surface area (Å²) in [5, 5.41) is 75.6. The number of nitrogens with zero attached hydrogens (tertiary/aromatic N) is 3. The number of alkyl halides is 1. The van der Waals surface area contributed by atoms with Crippen LogP contribution in [0, 0.1) is 0 Å². The van der Waals surface area contributed by atoms with E-state index in [1.807, 2.05) is 0 Å². The number of phenols is 1. The van der Waals surface area contributed by atoms with Crippen LogP contribution in [0.3, 0.4) is 0 Å². The number of carboxylic acids is 1. The summed E-state index contributed by atoms with van der Waals surface area (Å²) in [6.07, 6.45) is -2.64. The van der Waals surface area contributed by atoms with Gasteiger partial charge >= 0.3 is 5.97 Å². The van der Waals surface area contributed by atoms with Crippen molar-refractivity contribution in [3.8, 4) is 5.75 Å². The van der Waals surface area contributed by atoms with Crippen molar-refractivity contribution in [3.05, 3.63) is 114 Å². The number of aromatic hydroxyl groups is 1. The van der Waals surface area contributed by atoms with Crippen molar-refractivity contribution >= 4 is 97.5 Å². The highest BCUT2D eigenvalue weighted by Gasteiger charge is 2.38. The number of hydrogen-bond donors (Lipinski definition) is 16. The molecule has 92 heavy (non-hydrogen) atoms. The van der Waals surface area contributed by atoms with Gasteiger partial charge in [-0.15, -0.1) is 5.10 Å². The van der Waals surface area contributed by atoms with Gasteiger partial charge in [0, 0.05) is 54.9 Å². The Morgan fingerprint density at radius 2 is 1.35 bits per heavy atom. The van der Waals surface area contributed by atoms with Crippen LogP contribution >= 0.6 is 21.6 Å². The van der Waals surface area contributed by atoms with Crippen LogP contribution in [-0.2, 0) is 73.8 Å². The minimum Gasteiger partial charge on any atom is -0.508 e. The highest BCUT2D eigenvalue weighted by molar-refractivity contribution is 8.76. The number of nitrogens with two attached hydrogens (primary N) is 1. The predicted molar refractivity (Wildman–Crippen MR) is 334 cm³/mol. The third kappa shape index (κ3) is 22.6. The zero-order valence-electron chi connectivity index (χ0n) is 50.2. The normalized spacial score (nSPS) is 20.0. The molecule has 17 N–H and O–H groups in total. The Morgan fingerprint density at radius 3 is 1.98 bits per heavy atom. The van der Waals surface area contributed by atoms with Gasteiger partial charge in [0.15, 0.2) is 5.69 Å². The molecule has 0 saturated carbocycles. The molecule has 30 nitrogen and oxygen atoms in total. The summed E-state index contributed by atoms with van der Waals surface area (Å²) >= 11 is 0. The van der Waals surface area contributed by atoms with Crippen molar-refractivity contribution in [3.63, 3.8) is 0 Å². The Kier molecular flexibility index (Phi) is 28.1. The summed E-state index contributed by atoms with van der Waals surface area (Å²) in [6, 6.07) is 9.38. The van der Waals surface area contributed by atoms with Crippen LogP contribution in [0.15, 0.2) is 91.1 Å². The number of aliphatic carboxylic acids is 1. The standard InChI is InChI=1S/C59H76FN15O15S2/c1-32(76)49-57(87)67-41(25-35-15-17-38(78)18-16-35)52(82)69-45(55(85)66-40(59(89)90)14-8-9-21-61)30-91-92-31-46(56(86)72-50(33(2)77)58(88)68-42(54(84)71-49)24-34-10-4-3-5-11-34)70-53(83)43(27-37-26-36-12-6-7-13-39(36)64-37)65-48(80)28-63-47(79)19-22-62-51(81)44-29-75(23-20-60)74-73-44/h3-7,10-13,15-18,26,29,32-33,40-43,45-46,49-50,64,76-78H,8-9,14,19-25,27-28,30-31,61H2,1-2H3,(H,62,81)(H,63,79)(H,65,80)(H,66,85)(H,67,87)(H,68,88)(H,69,82)(H,70,83)(H,71,84)(H,72,86)(H,89,90)/t32-,33-,40-,41-,42+,43+,45-,46-,49-,50-/m0/s1/i60-1. The molecule has 6 rings (SSSR count). The number of aromatic amines is 1. The number of carboxylic acid groups (broad SMARTS) is 1. The van der Waals surface area contributed by atoms with E-state index in [-0.39, 0.29) is 63.2 Å². The van der Waals surface area contributed by atoms with E-state index in [4.69, 9.17) is 5.73 Å². The second-order valence-electron chi connectivity index (χ2n) is 21.6. The summed E-state index contributed by atoms with van der Waals surface area (Å²) in [7, 11) is 1.71. The van der Waals surface area contributed by atoms with Crippen molar-refractivity contribution in [2.24, 2.45) is 5.73 Å². The Bertz CT molecular complexity index is 3330. The number of halogens is 1. The predicted octanol–water partition coefficient (Wildman–Crippen LogP) is -2.35. The first-order chi connectivity index (χ1) is 44.0. The smallest absolute Gasteiger partial charge is 0.326 e. The van der Waals surface area contributed by atoms with Gasteiger partial charge in [0.1, 0.15) is 60.8 Å². The number of nitrogens with one attached hydrogen (secondary N) is 11. The van der Waals surface area contributed by atoms with Gasteiger partial charge in [-0.05, 0) is 80.4 Å². The fourth-order valence-electron chi connectivity index (χ4n) is 9.31. The van der Waals surface area contributed by atoms with Crippen LogP contribution in [0.25, 0.3) is 10.9 Å². The molecule has 3 heterocycles. The Labute approximate surface area is 534 Å². The first kappa shape index (κ1) is 71.9. The Balaban J connectivity index is 1.33. The number of aryl methyl sites for hydroxylation is 1. The zero-order valence-corrected chi connectivity index (χ0v) is 51.9. The molecule has 33 heteroatoms. The van der Waals surface area contributed by atoms with E-state index in [1.54, 1.807) is 60.7 Å². The van der Waals surface area contributed by atoms with Crippen molar-refractivity contribution in [2.75, 3.05) is 37.8 Å². The van der Waals surface area contributed by atoms with E-state index < -0.39 is 150 Å². The van der Waals surface area contributed by atoms with Crippen molar-refractivity contribution in [2.45, 2.75) is 126 Å². The number of H-pyrrole nitrogens is 1. The first-order valence-electron chi connectivity index (χ1n) is 29.4. The number of para-hydroxylation sites is 1. The minimum absolute atomic E-state index is 0.0587. The van der Waals surface area contributed by atoms with Crippen LogP contribution in [0.2, 0.25) is 0 Å². The van der Waals surface area contributed by atoms with Crippen LogP contribution in [0.4, 0.5) is 4.39 Å². The molecule has 1 fully saturated rings. The molecule has 1 aliphatic rings. The third-order valence-electron chi connectivity index (χ3n) is 14.3. The van der Waals surface area contributed by atoms with Crippen molar-refractivity contribution in [1.82, 2.24) is 73.1 Å². The Hall–Kier alpha value is -9.18. The highest BCUT2D eigenvalue weighted by Crippen LogP contribution is 2.25. The van der Waals surface area contributed by atoms with Crippen LogP contribution in [0.1, 0.15) is 66.8 Å². The quantitative estimate of drug-likeness (QED) is 0.0204. The van der Waals surface area contributed by atoms with Gasteiger partial charge in [0.2, 0.25) is 53.2 Å². The van der Waals surface area contributed by atoms with E-state index in [1.165, 1.54) is 37.4 Å². The lowest BCUT2D eigenvalue weighted by Crippen LogP contribution is -2.63. The maximum atomic E-state index is 14.8. The van der Waals surface area contributed by atoms with Gasteiger partial charge in [-0.3, -0.25) is 47.9 Å². The van der Waals surface area contributed by atoms with Crippen LogP contribution in [-0.4, -0.2) is 204 Å². The number of aliphatic hydroxyl groups excluding tert-OH is 2. The molecule has 496 valence electrons. The molecular formula is C59H76FN15O15S2. The lowest BCUT2D eigenvalue weighted by molar-refractivity contribution is -0.142. The van der Waals surface area contributed by atoms with E-state index in [2.05, 4.69) is 68.5 Å². The van der Waals surface area contributed by atoms with E-state index >= 15 is 0 Å². The van der Waals surface area contributed by atoms with Gasteiger partial charge in [-0.25, -0.2) is 13.9 Å². The molecule has 0 aliphatic carbocycles. The topological polar surface area (TPSA) is 462 Å². The van der Waals surface area contributed by atoms with Crippen LogP contribution < -0.4 is 58.9 Å². The highest BCUT2D eigenvalue weighted by atomic mass is 33.1. The second-order valence-corrected chi connectivity index (χ2v) is 24.1. The number of carbonyl (C=O) groups is 11. The molecule has 0 radical (unpaired) electrons. The molecular weight excluding hydrogens is 1240 g/mol. The van der Waals surface area contributed by atoms with E-state index in [0.29, 0.717) is 35.2 Å². The van der Waals surface area contributed by atoms with Crippen molar-refractivity contribution < 1.29 is 77.6 Å². The lowest BCUT2D eigenvalue weighted by atomic mass is 10.0. The number of unbranched alkanes of at least 4 members (excludes halogenated alkanes) is 1. The zero-order chi connectivity index (χ0) is 66.9. The van der Waals surface area contributed by atoms with Gasteiger partial charge in [-0.2, -0.15) is 0 Å². The number of benzene rings is 3. The van der Waals surface area contributed by atoms with Gasteiger partial charge < -0.3 is 84.3 Å². The SMILES string of the molecule is C[C@H](O)[C@@H]1NC(=O)[C@@H](NC(=O)[C@@H](Cc2cc3ccccc3[nH]2)NC(=O)CNC(=O)CCNC(=O)c2cn(CC[18F])nn2)CSSC[C@@H](C(=O)N[C@@H](CCCCN)C(=O)O)NC(=O)[C@H](Cc2ccc(O)cc2)NC(=O)[C@H]([C@H](C)O)NC(=O)[C@@H](Cc2ccccc2)NC1=O. The largest absolute Gasteiger partial charge is 0.508 e. The monoisotopic (exact) mass is 1320 g/mol. The molecule has 0 unspecified atom stereocenters. The first-order valence-corrected chi connectivity index (χ1v) is 31.9. The van der Waals surface area contributed by atoms with Gasteiger partial charge in [-0.1, -0.05) is 87.5 Å². The van der Waals surface area contributed by atoms with Gasteiger partial charge in [0.05, 0.1) is 31.5 Å². The summed E-state index contributed by atoms with van der Waals surface area (Å²) in [5.74, 6) is -12.0. The molecule has 0 spiro atoms. The molecule has 1 saturated heterocycles. The maximum Gasteiger partial charge on any atom is 0.326 e. The van der Waals surface area contributed by atoms with Gasteiger partial charge in [0.25, 0.3) is 5.91 Å². The molecule has 3 aromatic carbocycles. The second kappa shape index (κ2) is 36.0. The summed E-state index contributed by atoms with van der Waals surface area (Å²) < 4.78 is 13.9. The number of rotatable bonds is 26. The number of hydrogen-bond acceptors (Lipinski definition) is 19. The molecule has 5 aromatic rings. The summed E-state index contributed by atoms with van der Waals surface area (Å²) in [4.78, 5) is 156. The van der Waals surface area contributed by atoms with Crippen molar-refractivity contribution in [1.29, 1.82) is 0 Å². The molecule has 2 aromatic heterocycles. The minimum atomic E-state index is -1.87. The number of aliphatic hydroxyl groups is 2. The number of aromatic nitrogens is 4. The van der Waals surface area contributed by atoms with Crippen LogP contribution in [0.5, 0.6) is 5.75 Å². The molecule has 10 amide bonds. The van der Waals surface area contributed by atoms with E-state index in [9.17, 15) is 77.6 Å². The molecule has 0 bridgehead atoms. The summed E-state index contributed by atoms with van der Waals surface area (Å²) in [6.45, 7) is 0.812.